The highest BCUT2D eigenvalue weighted by Gasteiger charge is 2.14. The number of fused-ring (bicyclic) bond motifs is 1. The lowest BCUT2D eigenvalue weighted by atomic mass is 10.0. The van der Waals surface area contributed by atoms with E-state index in [1.165, 1.54) is 17.7 Å². The molecule has 2 aromatic rings. The van der Waals surface area contributed by atoms with Crippen LogP contribution in [0.25, 0.3) is 0 Å². The summed E-state index contributed by atoms with van der Waals surface area (Å²) in [5, 5.41) is 2.99. The van der Waals surface area contributed by atoms with Gasteiger partial charge in [0.15, 0.2) is 0 Å². The minimum absolute atomic E-state index is 0.0371. The Hall–Kier alpha value is -2.01. The summed E-state index contributed by atoms with van der Waals surface area (Å²) >= 11 is 1.58. The fraction of sp³-hybridized carbons (Fsp3) is 0.333. The molecule has 4 nitrogen and oxygen atoms in total. The zero-order chi connectivity index (χ0) is 16.1. The first-order chi connectivity index (χ1) is 11.2. The summed E-state index contributed by atoms with van der Waals surface area (Å²) in [6, 6.07) is 12.0. The third-order valence-corrected chi connectivity index (χ3v) is 4.89. The number of rotatable bonds is 5. The van der Waals surface area contributed by atoms with Crippen LogP contribution in [0.5, 0.6) is 0 Å². The molecule has 0 saturated heterocycles. The van der Waals surface area contributed by atoms with Crippen LogP contribution in [-0.2, 0) is 17.0 Å². The molecule has 0 unspecified atom stereocenters. The monoisotopic (exact) mass is 327 g/mol. The summed E-state index contributed by atoms with van der Waals surface area (Å²) in [5.74, 6) is 1.23. The number of thioether (sulfide) groups is 1. The SMILES string of the molecule is CN1CCCc2cc(NC(=O)CSCc3ccccn3)ccc21. The van der Waals surface area contributed by atoms with Crippen molar-refractivity contribution >= 4 is 29.0 Å². The van der Waals surface area contributed by atoms with Gasteiger partial charge in [-0.25, -0.2) is 0 Å². The van der Waals surface area contributed by atoms with Crippen LogP contribution in [0.1, 0.15) is 17.7 Å². The Balaban J connectivity index is 1.52. The van der Waals surface area contributed by atoms with Crippen LogP contribution in [0.2, 0.25) is 0 Å². The van der Waals surface area contributed by atoms with Crippen molar-refractivity contribution in [3.8, 4) is 0 Å². The van der Waals surface area contributed by atoms with Crippen molar-refractivity contribution in [1.29, 1.82) is 0 Å². The van der Waals surface area contributed by atoms with Crippen molar-refractivity contribution < 1.29 is 4.79 Å². The molecule has 23 heavy (non-hydrogen) atoms. The van der Waals surface area contributed by atoms with Gasteiger partial charge in [-0.1, -0.05) is 6.07 Å². The molecule has 3 rings (SSSR count). The molecule has 5 heteroatoms. The second-order valence-corrected chi connectivity index (χ2v) is 6.72. The third kappa shape index (κ3) is 4.26. The second kappa shape index (κ2) is 7.51. The molecule has 0 atom stereocenters. The van der Waals surface area contributed by atoms with Gasteiger partial charge >= 0.3 is 0 Å². The van der Waals surface area contributed by atoms with E-state index in [4.69, 9.17) is 0 Å². The fourth-order valence-corrected chi connectivity index (χ4v) is 3.53. The predicted molar refractivity (Wildman–Crippen MR) is 97.1 cm³/mol. The summed E-state index contributed by atoms with van der Waals surface area (Å²) in [7, 11) is 2.12. The van der Waals surface area contributed by atoms with Gasteiger partial charge < -0.3 is 10.2 Å². The molecular weight excluding hydrogens is 306 g/mol. The largest absolute Gasteiger partial charge is 0.374 e. The molecule has 0 spiro atoms. The maximum Gasteiger partial charge on any atom is 0.234 e. The lowest BCUT2D eigenvalue weighted by Gasteiger charge is -2.27. The van der Waals surface area contributed by atoms with Crippen LogP contribution in [-0.4, -0.2) is 30.2 Å². The molecule has 2 heterocycles. The van der Waals surface area contributed by atoms with Crippen LogP contribution in [0.4, 0.5) is 11.4 Å². The zero-order valence-electron chi connectivity index (χ0n) is 13.3. The van der Waals surface area contributed by atoms with Gasteiger partial charge in [0.2, 0.25) is 5.91 Å². The Kier molecular flexibility index (Phi) is 5.18. The first-order valence-corrected chi connectivity index (χ1v) is 8.99. The highest BCUT2D eigenvalue weighted by Crippen LogP contribution is 2.28. The number of pyridine rings is 1. The first kappa shape index (κ1) is 15.9. The van der Waals surface area contributed by atoms with E-state index in [0.29, 0.717) is 5.75 Å². The highest BCUT2D eigenvalue weighted by molar-refractivity contribution is 7.99. The van der Waals surface area contributed by atoms with Crippen molar-refractivity contribution in [2.24, 2.45) is 0 Å². The third-order valence-electron chi connectivity index (χ3n) is 3.92. The number of amides is 1. The van der Waals surface area contributed by atoms with Crippen LogP contribution >= 0.6 is 11.8 Å². The van der Waals surface area contributed by atoms with Gasteiger partial charge in [0.25, 0.3) is 0 Å². The van der Waals surface area contributed by atoms with E-state index in [1.807, 2.05) is 24.3 Å². The summed E-state index contributed by atoms with van der Waals surface area (Å²) in [6.07, 6.45) is 4.03. The number of aryl methyl sites for hydroxylation is 1. The summed E-state index contributed by atoms with van der Waals surface area (Å²) in [6.45, 7) is 1.10. The van der Waals surface area contributed by atoms with E-state index >= 15 is 0 Å². The predicted octanol–water partition coefficient (Wildman–Crippen LogP) is 3.34. The number of anilines is 2. The van der Waals surface area contributed by atoms with Crippen LogP contribution in [0.3, 0.4) is 0 Å². The quantitative estimate of drug-likeness (QED) is 0.915. The van der Waals surface area contributed by atoms with E-state index in [-0.39, 0.29) is 5.91 Å². The van der Waals surface area contributed by atoms with Crippen molar-refractivity contribution in [3.05, 3.63) is 53.9 Å². The van der Waals surface area contributed by atoms with E-state index in [0.717, 1.165) is 30.1 Å². The van der Waals surface area contributed by atoms with Gasteiger partial charge in [-0.2, -0.15) is 0 Å². The lowest BCUT2D eigenvalue weighted by Crippen LogP contribution is -2.24. The molecule has 1 amide bonds. The Morgan fingerprint density at radius 1 is 1.35 bits per heavy atom. The number of hydrogen-bond donors (Lipinski definition) is 1. The minimum atomic E-state index is 0.0371. The number of nitrogens with zero attached hydrogens (tertiary/aromatic N) is 2. The molecule has 120 valence electrons. The maximum absolute atomic E-state index is 12.1. The smallest absolute Gasteiger partial charge is 0.234 e. The second-order valence-electron chi connectivity index (χ2n) is 5.73. The zero-order valence-corrected chi connectivity index (χ0v) is 14.1. The maximum atomic E-state index is 12.1. The highest BCUT2D eigenvalue weighted by atomic mass is 32.2. The van der Waals surface area contributed by atoms with E-state index < -0.39 is 0 Å². The Bertz CT molecular complexity index is 675. The number of aromatic nitrogens is 1. The molecule has 0 bridgehead atoms. The van der Waals surface area contributed by atoms with Crippen molar-refractivity contribution in [2.75, 3.05) is 29.6 Å². The van der Waals surface area contributed by atoms with Gasteiger partial charge in [0, 0.05) is 36.9 Å². The van der Waals surface area contributed by atoms with Crippen molar-refractivity contribution in [2.45, 2.75) is 18.6 Å². The fourth-order valence-electron chi connectivity index (χ4n) is 2.79. The number of hydrogen-bond acceptors (Lipinski definition) is 4. The normalized spacial score (nSPS) is 13.5. The van der Waals surface area contributed by atoms with E-state index in [2.05, 4.69) is 34.4 Å². The molecule has 1 aromatic heterocycles. The molecule has 1 aliphatic heterocycles. The first-order valence-electron chi connectivity index (χ1n) is 7.84. The van der Waals surface area contributed by atoms with Crippen LogP contribution in [0, 0.1) is 0 Å². The molecule has 1 N–H and O–H groups in total. The molecule has 1 aromatic carbocycles. The molecule has 0 aliphatic carbocycles. The Morgan fingerprint density at radius 2 is 2.26 bits per heavy atom. The standard InChI is InChI=1S/C18H21N3OS/c1-21-10-4-5-14-11-15(7-8-17(14)21)20-18(22)13-23-12-16-6-2-3-9-19-16/h2-3,6-9,11H,4-5,10,12-13H2,1H3,(H,20,22). The Morgan fingerprint density at radius 3 is 3.09 bits per heavy atom. The summed E-state index contributed by atoms with van der Waals surface area (Å²) < 4.78 is 0. The number of carbonyl (C=O) groups is 1. The average molecular weight is 327 g/mol. The minimum Gasteiger partial charge on any atom is -0.374 e. The van der Waals surface area contributed by atoms with Gasteiger partial charge in [0.05, 0.1) is 11.4 Å². The van der Waals surface area contributed by atoms with Crippen molar-refractivity contribution in [1.82, 2.24) is 4.98 Å². The van der Waals surface area contributed by atoms with Crippen LogP contribution in [0.15, 0.2) is 42.6 Å². The van der Waals surface area contributed by atoms with Gasteiger partial charge in [0.1, 0.15) is 0 Å². The molecule has 0 saturated carbocycles. The van der Waals surface area contributed by atoms with E-state index in [1.54, 1.807) is 18.0 Å². The average Bonchev–Trinajstić information content (AvgIpc) is 2.56. The van der Waals surface area contributed by atoms with Gasteiger partial charge in [-0.3, -0.25) is 9.78 Å². The topological polar surface area (TPSA) is 45.2 Å². The van der Waals surface area contributed by atoms with Crippen LogP contribution < -0.4 is 10.2 Å². The Labute approximate surface area is 141 Å². The lowest BCUT2D eigenvalue weighted by molar-refractivity contribution is -0.113. The van der Waals surface area contributed by atoms with Gasteiger partial charge in [-0.05, 0) is 48.7 Å². The van der Waals surface area contributed by atoms with E-state index in [9.17, 15) is 4.79 Å². The molecule has 0 fully saturated rings. The molecular formula is C18H21N3OS. The number of carbonyl (C=O) groups excluding carboxylic acids is 1. The summed E-state index contributed by atoms with van der Waals surface area (Å²) in [4.78, 5) is 18.6. The number of nitrogens with one attached hydrogen (secondary N) is 1. The van der Waals surface area contributed by atoms with Gasteiger partial charge in [-0.15, -0.1) is 11.8 Å². The molecule has 0 radical (unpaired) electrons. The summed E-state index contributed by atoms with van der Waals surface area (Å²) in [5.41, 5.74) is 4.49. The van der Waals surface area contributed by atoms with Crippen molar-refractivity contribution in [3.63, 3.8) is 0 Å². The number of benzene rings is 1. The molecule has 1 aliphatic rings.